The number of hydrogen-bond donors (Lipinski definition) is 3. The maximum atomic E-state index is 12.4. The highest BCUT2D eigenvalue weighted by Crippen LogP contribution is 2.40. The van der Waals surface area contributed by atoms with Crippen LogP contribution in [0.3, 0.4) is 0 Å². The minimum atomic E-state index is -1.28. The van der Waals surface area contributed by atoms with Crippen molar-refractivity contribution in [2.75, 3.05) is 19.4 Å². The summed E-state index contributed by atoms with van der Waals surface area (Å²) in [5.41, 5.74) is 0.109. The molecule has 1 aromatic rings. The molecule has 10 heteroatoms. The van der Waals surface area contributed by atoms with E-state index in [0.29, 0.717) is 0 Å². The number of carbonyl (C=O) groups excluding carboxylic acids is 2. The van der Waals surface area contributed by atoms with E-state index >= 15 is 0 Å². The van der Waals surface area contributed by atoms with Gasteiger partial charge in [0.2, 0.25) is 0 Å². The molecular formula is C15H15N3O6S. The zero-order chi connectivity index (χ0) is 18.1. The largest absolute Gasteiger partial charge is 0.477 e. The standard InChI is InChI=1S/C15H15N3O6S/c1-16-9(8-3-2-4-24-8)12(20)17-10-13(21)18-11(15(22)23)7(5-19)6-25-14(10)18/h2-4,10,14,19H,5-6H2,1H3,(H,17,20)(H,22,23). The number of furan rings is 1. The number of nitrogens with zero attached hydrogens (tertiary/aromatic N) is 2. The molecule has 1 fully saturated rings. The summed E-state index contributed by atoms with van der Waals surface area (Å²) < 4.78 is 5.15. The molecule has 0 aromatic carbocycles. The Morgan fingerprint density at radius 3 is 2.84 bits per heavy atom. The number of nitrogens with one attached hydrogen (secondary N) is 1. The lowest BCUT2D eigenvalue weighted by atomic mass is 10.0. The highest BCUT2D eigenvalue weighted by atomic mass is 32.2. The van der Waals surface area contributed by atoms with Crippen LogP contribution in [-0.4, -0.2) is 69.4 Å². The number of β-lactam (4-membered cyclic amide) rings is 1. The van der Waals surface area contributed by atoms with Gasteiger partial charge in [-0.25, -0.2) is 4.79 Å². The van der Waals surface area contributed by atoms with E-state index in [2.05, 4.69) is 10.3 Å². The molecule has 0 aliphatic carbocycles. The van der Waals surface area contributed by atoms with Crippen molar-refractivity contribution < 1.29 is 29.0 Å². The van der Waals surface area contributed by atoms with Gasteiger partial charge in [-0.3, -0.25) is 19.5 Å². The van der Waals surface area contributed by atoms with Gasteiger partial charge in [0.25, 0.3) is 11.8 Å². The van der Waals surface area contributed by atoms with Crippen LogP contribution in [0, 0.1) is 0 Å². The Labute approximate surface area is 146 Å². The minimum absolute atomic E-state index is 0.0436. The highest BCUT2D eigenvalue weighted by molar-refractivity contribution is 8.00. The molecule has 0 spiro atoms. The van der Waals surface area contributed by atoms with Crippen LogP contribution < -0.4 is 5.32 Å². The number of amides is 2. The van der Waals surface area contributed by atoms with Gasteiger partial charge in [-0.15, -0.1) is 11.8 Å². The summed E-state index contributed by atoms with van der Waals surface area (Å²) in [6.45, 7) is -0.437. The second kappa shape index (κ2) is 6.73. The molecule has 0 radical (unpaired) electrons. The van der Waals surface area contributed by atoms with E-state index in [1.54, 1.807) is 12.1 Å². The van der Waals surface area contributed by atoms with E-state index in [-0.39, 0.29) is 28.5 Å². The van der Waals surface area contributed by atoms with Gasteiger partial charge in [0, 0.05) is 12.8 Å². The number of aliphatic imine (C=N–C) groups is 1. The normalized spacial score (nSPS) is 23.2. The van der Waals surface area contributed by atoms with E-state index in [9.17, 15) is 24.6 Å². The van der Waals surface area contributed by atoms with Crippen molar-refractivity contribution in [1.29, 1.82) is 0 Å². The molecule has 2 amide bonds. The van der Waals surface area contributed by atoms with Gasteiger partial charge in [0.1, 0.15) is 17.1 Å². The summed E-state index contributed by atoms with van der Waals surface area (Å²) in [6, 6.07) is 2.32. The second-order valence-electron chi connectivity index (χ2n) is 5.33. The van der Waals surface area contributed by atoms with Crippen LogP contribution in [0.5, 0.6) is 0 Å². The fraction of sp³-hybridized carbons (Fsp3) is 0.333. The quantitative estimate of drug-likeness (QED) is 0.470. The highest BCUT2D eigenvalue weighted by Gasteiger charge is 2.54. The van der Waals surface area contributed by atoms with Crippen LogP contribution in [0.25, 0.3) is 0 Å². The smallest absolute Gasteiger partial charge is 0.352 e. The first-order valence-corrected chi connectivity index (χ1v) is 8.36. The Bertz CT molecular complexity index is 785. The molecular weight excluding hydrogens is 350 g/mol. The maximum absolute atomic E-state index is 12.4. The average molecular weight is 365 g/mol. The van der Waals surface area contributed by atoms with Crippen LogP contribution in [0.2, 0.25) is 0 Å². The predicted octanol–water partition coefficient (Wildman–Crippen LogP) is -0.571. The molecule has 2 aliphatic heterocycles. The monoisotopic (exact) mass is 365 g/mol. The zero-order valence-electron chi connectivity index (χ0n) is 13.1. The number of hydrogen-bond acceptors (Lipinski definition) is 7. The maximum Gasteiger partial charge on any atom is 0.352 e. The van der Waals surface area contributed by atoms with Crippen LogP contribution in [0.1, 0.15) is 5.76 Å². The van der Waals surface area contributed by atoms with Gasteiger partial charge in [-0.05, 0) is 17.7 Å². The predicted molar refractivity (Wildman–Crippen MR) is 87.9 cm³/mol. The lowest BCUT2D eigenvalue weighted by Gasteiger charge is -2.49. The zero-order valence-corrected chi connectivity index (χ0v) is 13.9. The number of aliphatic carboxylic acids is 1. The number of aliphatic hydroxyl groups excluding tert-OH is 1. The third-order valence-corrected chi connectivity index (χ3v) is 5.26. The SMILES string of the molecule is CN=C(C(=O)NC1C(=O)N2C(C(=O)O)=C(CO)CSC12)c1ccco1. The summed E-state index contributed by atoms with van der Waals surface area (Å²) in [5.74, 6) is -1.85. The molecule has 2 atom stereocenters. The topological polar surface area (TPSA) is 132 Å². The van der Waals surface area contributed by atoms with Crippen LogP contribution in [0.15, 0.2) is 39.1 Å². The van der Waals surface area contributed by atoms with E-state index in [0.717, 1.165) is 4.90 Å². The van der Waals surface area contributed by atoms with Gasteiger partial charge < -0.3 is 19.9 Å². The van der Waals surface area contributed by atoms with Crippen molar-refractivity contribution >= 4 is 35.3 Å². The van der Waals surface area contributed by atoms with Crippen molar-refractivity contribution in [1.82, 2.24) is 10.2 Å². The summed E-state index contributed by atoms with van der Waals surface area (Å²) in [6.07, 6.45) is 1.40. The first kappa shape index (κ1) is 17.2. The van der Waals surface area contributed by atoms with Gasteiger partial charge in [-0.1, -0.05) is 0 Å². The number of carboxylic acids is 1. The van der Waals surface area contributed by atoms with Gasteiger partial charge in [0.05, 0.1) is 12.9 Å². The Morgan fingerprint density at radius 1 is 1.52 bits per heavy atom. The van der Waals surface area contributed by atoms with Crippen LogP contribution in [-0.2, 0) is 14.4 Å². The molecule has 0 saturated carbocycles. The molecule has 25 heavy (non-hydrogen) atoms. The lowest BCUT2D eigenvalue weighted by Crippen LogP contribution is -2.71. The Morgan fingerprint density at radius 2 is 2.28 bits per heavy atom. The fourth-order valence-corrected chi connectivity index (χ4v) is 4.09. The third-order valence-electron chi connectivity index (χ3n) is 3.92. The van der Waals surface area contributed by atoms with Gasteiger partial charge in [0.15, 0.2) is 11.5 Å². The number of aliphatic hydroxyl groups is 1. The lowest BCUT2D eigenvalue weighted by molar-refractivity contribution is -0.150. The molecule has 132 valence electrons. The first-order valence-electron chi connectivity index (χ1n) is 7.32. The molecule has 3 heterocycles. The number of carbonyl (C=O) groups is 3. The Balaban J connectivity index is 1.77. The average Bonchev–Trinajstić information content (AvgIpc) is 3.12. The molecule has 9 nitrogen and oxygen atoms in total. The van der Waals surface area contributed by atoms with Crippen molar-refractivity contribution in [2.24, 2.45) is 4.99 Å². The molecule has 1 saturated heterocycles. The summed E-state index contributed by atoms with van der Waals surface area (Å²) in [4.78, 5) is 41.1. The molecule has 2 aliphatic rings. The van der Waals surface area contributed by atoms with Crippen LogP contribution >= 0.6 is 11.8 Å². The third kappa shape index (κ3) is 2.83. The second-order valence-corrected chi connectivity index (χ2v) is 6.43. The summed E-state index contributed by atoms with van der Waals surface area (Å²) in [5, 5.41) is 20.6. The van der Waals surface area contributed by atoms with E-state index in [4.69, 9.17) is 4.42 Å². The van der Waals surface area contributed by atoms with E-state index in [1.807, 2.05) is 0 Å². The summed E-state index contributed by atoms with van der Waals surface area (Å²) in [7, 11) is 1.43. The summed E-state index contributed by atoms with van der Waals surface area (Å²) >= 11 is 1.28. The number of carboxylic acid groups (broad SMARTS) is 1. The Hall–Kier alpha value is -2.59. The number of fused-ring (bicyclic) bond motifs is 1. The Kier molecular flexibility index (Phi) is 4.64. The van der Waals surface area contributed by atoms with Crippen molar-refractivity contribution in [3.8, 4) is 0 Å². The molecule has 3 N–H and O–H groups in total. The first-order chi connectivity index (χ1) is 12.0. The molecule has 2 unspecified atom stereocenters. The van der Waals surface area contributed by atoms with E-state index in [1.165, 1.54) is 25.1 Å². The van der Waals surface area contributed by atoms with E-state index < -0.39 is 35.8 Å². The molecule has 0 bridgehead atoms. The minimum Gasteiger partial charge on any atom is -0.477 e. The van der Waals surface area contributed by atoms with Gasteiger partial charge >= 0.3 is 5.97 Å². The molecule has 3 rings (SSSR count). The van der Waals surface area contributed by atoms with Crippen molar-refractivity contribution in [3.63, 3.8) is 0 Å². The van der Waals surface area contributed by atoms with Crippen molar-refractivity contribution in [2.45, 2.75) is 11.4 Å². The van der Waals surface area contributed by atoms with Gasteiger partial charge in [-0.2, -0.15) is 0 Å². The number of rotatable bonds is 5. The van der Waals surface area contributed by atoms with Crippen LogP contribution in [0.4, 0.5) is 0 Å². The van der Waals surface area contributed by atoms with Crippen molar-refractivity contribution in [3.05, 3.63) is 35.4 Å². The number of thioether (sulfide) groups is 1. The fourth-order valence-electron chi connectivity index (χ4n) is 2.75. The molecule has 1 aromatic heterocycles.